The van der Waals surface area contributed by atoms with E-state index < -0.39 is 0 Å². The molecule has 0 fully saturated rings. The molecule has 0 saturated carbocycles. The van der Waals surface area contributed by atoms with E-state index in [0.717, 1.165) is 53.2 Å². The highest BCUT2D eigenvalue weighted by Gasteiger charge is 2.31. The molecular formula is C18H12N2O4S3. The molecule has 0 radical (unpaired) electrons. The third-order valence-electron chi connectivity index (χ3n) is 4.32. The van der Waals surface area contributed by atoms with Gasteiger partial charge in [0.2, 0.25) is 0 Å². The van der Waals surface area contributed by atoms with Crippen molar-refractivity contribution in [2.45, 2.75) is 13.8 Å². The second-order valence-corrected chi connectivity index (χ2v) is 8.92. The van der Waals surface area contributed by atoms with Crippen LogP contribution in [-0.4, -0.2) is 23.2 Å². The van der Waals surface area contributed by atoms with Crippen LogP contribution >= 0.6 is 34.0 Å². The van der Waals surface area contributed by atoms with Gasteiger partial charge in [-0.1, -0.05) is 0 Å². The number of aryl methyl sites for hydroxylation is 2. The predicted molar refractivity (Wildman–Crippen MR) is 107 cm³/mol. The van der Waals surface area contributed by atoms with Crippen molar-refractivity contribution >= 4 is 56.2 Å². The topological polar surface area (TPSA) is 70.5 Å². The van der Waals surface area contributed by atoms with E-state index in [2.05, 4.69) is 9.97 Å². The molecular weight excluding hydrogens is 404 g/mol. The highest BCUT2D eigenvalue weighted by molar-refractivity contribution is 7.27. The largest absolute Gasteiger partial charge is 0.485 e. The standard InChI is InChI=1S/C18H12N2O4S3/c1-7-19-9-5-25-15(11(9)23-7)17-13-14(22-4-3-21-13)18(27-17)16-12-10(6-26-16)20-8(2)24-12/h5-6H,3-4H2,1-2H3. The number of rotatable bonds is 2. The van der Waals surface area contributed by atoms with Crippen molar-refractivity contribution in [2.24, 2.45) is 0 Å². The number of hydrogen-bond acceptors (Lipinski definition) is 9. The Bertz CT molecular complexity index is 1220. The Labute approximate surface area is 165 Å². The molecule has 6 nitrogen and oxygen atoms in total. The van der Waals surface area contributed by atoms with Gasteiger partial charge in [0.05, 0.1) is 19.5 Å². The van der Waals surface area contributed by atoms with Gasteiger partial charge in [-0.2, -0.15) is 0 Å². The molecule has 136 valence electrons. The minimum absolute atomic E-state index is 0.529. The molecule has 27 heavy (non-hydrogen) atoms. The minimum atomic E-state index is 0.529. The molecule has 0 atom stereocenters. The average molecular weight is 417 g/mol. The Balaban J connectivity index is 1.62. The molecule has 0 aliphatic carbocycles. The SMILES string of the molecule is Cc1nc2csc(-c3sc(-c4scc5nc(C)oc45)c4c3OCCO4)c2o1. The number of ether oxygens (including phenoxy) is 2. The van der Waals surface area contributed by atoms with Crippen LogP contribution in [-0.2, 0) is 0 Å². The van der Waals surface area contributed by atoms with Gasteiger partial charge in [-0.15, -0.1) is 34.0 Å². The monoisotopic (exact) mass is 416 g/mol. The van der Waals surface area contributed by atoms with Gasteiger partial charge in [0.1, 0.15) is 24.2 Å². The first-order valence-corrected chi connectivity index (χ1v) is 10.9. The van der Waals surface area contributed by atoms with Gasteiger partial charge in [0.25, 0.3) is 0 Å². The lowest BCUT2D eigenvalue weighted by Gasteiger charge is -2.16. The Morgan fingerprint density at radius 3 is 1.70 bits per heavy atom. The molecule has 1 aliphatic heterocycles. The molecule has 0 aromatic carbocycles. The van der Waals surface area contributed by atoms with Crippen LogP contribution in [0.4, 0.5) is 0 Å². The van der Waals surface area contributed by atoms with Crippen molar-refractivity contribution in [3.8, 4) is 31.0 Å². The van der Waals surface area contributed by atoms with Crippen LogP contribution in [0.3, 0.4) is 0 Å². The molecule has 6 rings (SSSR count). The first-order chi connectivity index (χ1) is 13.2. The van der Waals surface area contributed by atoms with Crippen molar-refractivity contribution in [2.75, 3.05) is 13.2 Å². The molecule has 9 heteroatoms. The third-order valence-corrected chi connectivity index (χ3v) is 7.70. The van der Waals surface area contributed by atoms with Crippen LogP contribution in [0.1, 0.15) is 11.8 Å². The van der Waals surface area contributed by atoms with Crippen LogP contribution in [0.5, 0.6) is 11.5 Å². The van der Waals surface area contributed by atoms with Gasteiger partial charge in [-0.25, -0.2) is 9.97 Å². The smallest absolute Gasteiger partial charge is 0.192 e. The second kappa shape index (κ2) is 5.57. The summed E-state index contributed by atoms with van der Waals surface area (Å²) < 4.78 is 23.7. The second-order valence-electron chi connectivity index (χ2n) is 6.14. The van der Waals surface area contributed by atoms with Crippen molar-refractivity contribution in [1.82, 2.24) is 9.97 Å². The van der Waals surface area contributed by atoms with Gasteiger partial charge in [0, 0.05) is 24.6 Å². The van der Waals surface area contributed by atoms with E-state index in [-0.39, 0.29) is 0 Å². The maximum Gasteiger partial charge on any atom is 0.192 e. The highest BCUT2D eigenvalue weighted by atomic mass is 32.1. The zero-order valence-corrected chi connectivity index (χ0v) is 16.8. The van der Waals surface area contributed by atoms with Crippen LogP contribution in [0, 0.1) is 13.8 Å². The van der Waals surface area contributed by atoms with Gasteiger partial charge >= 0.3 is 0 Å². The summed E-state index contributed by atoms with van der Waals surface area (Å²) in [6.45, 7) is 4.78. The molecule has 5 aromatic heterocycles. The number of aromatic nitrogens is 2. The summed E-state index contributed by atoms with van der Waals surface area (Å²) in [7, 11) is 0. The first-order valence-electron chi connectivity index (χ1n) is 8.31. The molecule has 0 bridgehead atoms. The van der Waals surface area contributed by atoms with E-state index in [1.54, 1.807) is 34.0 Å². The van der Waals surface area contributed by atoms with E-state index in [1.165, 1.54) is 0 Å². The minimum Gasteiger partial charge on any atom is -0.485 e. The quantitative estimate of drug-likeness (QED) is 0.358. The van der Waals surface area contributed by atoms with Gasteiger partial charge < -0.3 is 18.3 Å². The first kappa shape index (κ1) is 15.7. The molecule has 1 aliphatic rings. The van der Waals surface area contributed by atoms with E-state index in [4.69, 9.17) is 18.3 Å². The molecule has 0 amide bonds. The van der Waals surface area contributed by atoms with Crippen LogP contribution in [0.15, 0.2) is 19.6 Å². The van der Waals surface area contributed by atoms with Crippen molar-refractivity contribution in [3.05, 3.63) is 22.5 Å². The molecule has 0 unspecified atom stereocenters. The summed E-state index contributed by atoms with van der Waals surface area (Å²) in [4.78, 5) is 12.9. The van der Waals surface area contributed by atoms with Gasteiger partial charge in [-0.3, -0.25) is 0 Å². The number of fused-ring (bicyclic) bond motifs is 3. The lowest BCUT2D eigenvalue weighted by molar-refractivity contribution is 0.175. The third kappa shape index (κ3) is 2.22. The maximum absolute atomic E-state index is 6.02. The summed E-state index contributed by atoms with van der Waals surface area (Å²) in [5.74, 6) is 2.87. The van der Waals surface area contributed by atoms with E-state index >= 15 is 0 Å². The fourth-order valence-electron chi connectivity index (χ4n) is 3.27. The molecule has 0 N–H and O–H groups in total. The zero-order chi connectivity index (χ0) is 18.1. The fraction of sp³-hybridized carbons (Fsp3) is 0.222. The predicted octanol–water partition coefficient (Wildman–Crippen LogP) is 5.88. The normalized spacial score (nSPS) is 13.9. The Morgan fingerprint density at radius 1 is 0.741 bits per heavy atom. The molecule has 5 aromatic rings. The summed E-state index contributed by atoms with van der Waals surface area (Å²) >= 11 is 4.85. The van der Waals surface area contributed by atoms with Crippen LogP contribution in [0.2, 0.25) is 0 Å². The number of oxazole rings is 2. The van der Waals surface area contributed by atoms with Crippen molar-refractivity contribution < 1.29 is 18.3 Å². The summed E-state index contributed by atoms with van der Waals surface area (Å²) in [6, 6.07) is 0. The van der Waals surface area contributed by atoms with Crippen molar-refractivity contribution in [1.29, 1.82) is 0 Å². The average Bonchev–Trinajstić information content (AvgIpc) is 3.41. The molecule has 0 saturated heterocycles. The lowest BCUT2D eigenvalue weighted by Crippen LogP contribution is -2.14. The van der Waals surface area contributed by atoms with E-state index in [1.807, 2.05) is 24.6 Å². The highest BCUT2D eigenvalue weighted by Crippen LogP contribution is 2.57. The summed E-state index contributed by atoms with van der Waals surface area (Å²) in [5, 5.41) is 4.03. The number of nitrogens with zero attached hydrogens (tertiary/aromatic N) is 2. The zero-order valence-electron chi connectivity index (χ0n) is 14.3. The van der Waals surface area contributed by atoms with E-state index in [0.29, 0.717) is 25.0 Å². The molecule has 0 spiro atoms. The Morgan fingerprint density at radius 2 is 1.22 bits per heavy atom. The lowest BCUT2D eigenvalue weighted by atomic mass is 10.2. The Hall–Kier alpha value is -2.36. The Kier molecular flexibility index (Phi) is 3.23. The van der Waals surface area contributed by atoms with Crippen molar-refractivity contribution in [3.63, 3.8) is 0 Å². The van der Waals surface area contributed by atoms with E-state index in [9.17, 15) is 0 Å². The maximum atomic E-state index is 6.02. The van der Waals surface area contributed by atoms with Gasteiger partial charge in [-0.05, 0) is 0 Å². The van der Waals surface area contributed by atoms with Crippen LogP contribution in [0.25, 0.3) is 41.7 Å². The number of thiophene rings is 3. The number of hydrogen-bond donors (Lipinski definition) is 0. The van der Waals surface area contributed by atoms with Gasteiger partial charge in [0.15, 0.2) is 34.4 Å². The summed E-state index contributed by atoms with van der Waals surface area (Å²) in [5.41, 5.74) is 3.35. The summed E-state index contributed by atoms with van der Waals surface area (Å²) in [6.07, 6.45) is 0. The molecule has 6 heterocycles. The van der Waals surface area contributed by atoms with Crippen LogP contribution < -0.4 is 9.47 Å². The fourth-order valence-corrected chi connectivity index (χ4v) is 6.56.